The summed E-state index contributed by atoms with van der Waals surface area (Å²) in [5.41, 5.74) is 5.56. The molecule has 2 aromatic carbocycles. The molecule has 0 aliphatic carbocycles. The minimum Gasteiger partial charge on any atom is -0.425 e. The Morgan fingerprint density at radius 2 is 1.65 bits per heavy atom. The van der Waals surface area contributed by atoms with E-state index in [1.807, 2.05) is 12.1 Å². The van der Waals surface area contributed by atoms with Gasteiger partial charge in [-0.15, -0.1) is 0 Å². The Morgan fingerprint density at radius 1 is 0.962 bits per heavy atom. The lowest BCUT2D eigenvalue weighted by atomic mass is 9.77. The van der Waals surface area contributed by atoms with Gasteiger partial charge < -0.3 is 4.74 Å². The number of carbonyl (C=O) groups excluding carboxylic acids is 1. The summed E-state index contributed by atoms with van der Waals surface area (Å²) in [5, 5.41) is 0. The van der Waals surface area contributed by atoms with E-state index in [0.717, 1.165) is 28.9 Å². The predicted octanol–water partition coefficient (Wildman–Crippen LogP) is 5.89. The zero-order chi connectivity index (χ0) is 19.3. The fourth-order valence-electron chi connectivity index (χ4n) is 3.56. The van der Waals surface area contributed by atoms with Crippen LogP contribution in [0.5, 0.6) is 5.75 Å². The number of fused-ring (bicyclic) bond motifs is 1. The summed E-state index contributed by atoms with van der Waals surface area (Å²) >= 11 is 0. The lowest BCUT2D eigenvalue weighted by Crippen LogP contribution is -2.17. The Bertz CT molecular complexity index is 847. The first-order valence-corrected chi connectivity index (χ1v) is 9.52. The van der Waals surface area contributed by atoms with E-state index in [4.69, 9.17) is 4.74 Å². The van der Waals surface area contributed by atoms with Gasteiger partial charge in [-0.3, -0.25) is 4.79 Å². The van der Waals surface area contributed by atoms with Gasteiger partial charge in [-0.25, -0.2) is 0 Å². The van der Waals surface area contributed by atoms with Crippen LogP contribution in [0.15, 0.2) is 36.4 Å². The van der Waals surface area contributed by atoms with Gasteiger partial charge in [0, 0.05) is 11.1 Å². The van der Waals surface area contributed by atoms with Crippen molar-refractivity contribution in [2.45, 2.75) is 71.6 Å². The molecule has 1 atom stereocenters. The second kappa shape index (κ2) is 6.26. The van der Waals surface area contributed by atoms with E-state index in [1.165, 1.54) is 11.1 Å². The molecule has 1 aliphatic heterocycles. The van der Waals surface area contributed by atoms with Crippen molar-refractivity contribution in [3.8, 4) is 5.75 Å². The monoisotopic (exact) mass is 350 g/mol. The molecular formula is C24H30O2. The van der Waals surface area contributed by atoms with Gasteiger partial charge in [0.15, 0.2) is 0 Å². The van der Waals surface area contributed by atoms with Gasteiger partial charge in [-0.05, 0) is 33.9 Å². The first-order valence-electron chi connectivity index (χ1n) is 9.52. The van der Waals surface area contributed by atoms with E-state index < -0.39 is 0 Å². The average Bonchev–Trinajstić information content (AvgIpc) is 2.87. The average molecular weight is 351 g/mol. The molecule has 3 rings (SSSR count). The van der Waals surface area contributed by atoms with Crippen LogP contribution in [0.4, 0.5) is 0 Å². The number of rotatable bonds is 2. The van der Waals surface area contributed by atoms with E-state index in [2.05, 4.69) is 72.7 Å². The Kier molecular flexibility index (Phi) is 4.50. The van der Waals surface area contributed by atoms with Crippen LogP contribution in [-0.4, -0.2) is 5.97 Å². The summed E-state index contributed by atoms with van der Waals surface area (Å²) in [7, 11) is 0. The Balaban J connectivity index is 2.24. The summed E-state index contributed by atoms with van der Waals surface area (Å²) in [6.45, 7) is 15.3. The molecule has 1 unspecified atom stereocenters. The standard InChI is InChI=1S/C24H30O2/c1-8-15-10-9-11-16(12-15)20-18-13-17(23(2,3)4)14-19(24(5,6)7)21(18)26-22(20)25/h9-14,20H,8H2,1-7H3. The van der Waals surface area contributed by atoms with Gasteiger partial charge >= 0.3 is 5.97 Å². The van der Waals surface area contributed by atoms with Crippen molar-refractivity contribution in [2.75, 3.05) is 0 Å². The summed E-state index contributed by atoms with van der Waals surface area (Å²) in [6.07, 6.45) is 0.956. The predicted molar refractivity (Wildman–Crippen MR) is 107 cm³/mol. The van der Waals surface area contributed by atoms with Gasteiger partial charge in [-0.1, -0.05) is 84.9 Å². The molecule has 0 spiro atoms. The number of hydrogen-bond donors (Lipinski definition) is 0. The normalized spacial score (nSPS) is 17.2. The maximum atomic E-state index is 12.8. The van der Waals surface area contributed by atoms with E-state index >= 15 is 0 Å². The van der Waals surface area contributed by atoms with Crippen LogP contribution in [-0.2, 0) is 22.0 Å². The van der Waals surface area contributed by atoms with Crippen LogP contribution in [0.1, 0.15) is 82.2 Å². The maximum Gasteiger partial charge on any atom is 0.323 e. The molecule has 0 saturated heterocycles. The third-order valence-corrected chi connectivity index (χ3v) is 5.23. The van der Waals surface area contributed by atoms with Crippen LogP contribution in [0.2, 0.25) is 0 Å². The van der Waals surface area contributed by atoms with Gasteiger partial charge in [0.25, 0.3) is 0 Å². The molecule has 138 valence electrons. The highest BCUT2D eigenvalue weighted by atomic mass is 16.5. The largest absolute Gasteiger partial charge is 0.425 e. The Hall–Kier alpha value is -2.09. The number of ether oxygens (including phenoxy) is 1. The molecule has 1 aliphatic rings. The quantitative estimate of drug-likeness (QED) is 0.498. The molecule has 0 amide bonds. The van der Waals surface area contributed by atoms with Crippen molar-refractivity contribution in [2.24, 2.45) is 0 Å². The molecule has 2 nitrogen and oxygen atoms in total. The van der Waals surface area contributed by atoms with Crippen molar-refractivity contribution in [3.05, 3.63) is 64.2 Å². The van der Waals surface area contributed by atoms with Gasteiger partial charge in [-0.2, -0.15) is 0 Å². The van der Waals surface area contributed by atoms with Crippen LogP contribution in [0, 0.1) is 0 Å². The highest BCUT2D eigenvalue weighted by Gasteiger charge is 2.39. The van der Waals surface area contributed by atoms with Crippen LogP contribution in [0.3, 0.4) is 0 Å². The molecule has 0 N–H and O–H groups in total. The molecule has 0 fully saturated rings. The van der Waals surface area contributed by atoms with E-state index in [0.29, 0.717) is 0 Å². The molecule has 0 aromatic heterocycles. The fourth-order valence-corrected chi connectivity index (χ4v) is 3.56. The SMILES string of the molecule is CCc1cccc(C2C(=O)Oc3c2cc(C(C)(C)C)cc3C(C)(C)C)c1. The number of esters is 1. The van der Waals surface area contributed by atoms with Crippen molar-refractivity contribution in [1.29, 1.82) is 0 Å². The van der Waals surface area contributed by atoms with Crippen molar-refractivity contribution < 1.29 is 9.53 Å². The van der Waals surface area contributed by atoms with Crippen molar-refractivity contribution in [3.63, 3.8) is 0 Å². The van der Waals surface area contributed by atoms with E-state index in [1.54, 1.807) is 0 Å². The van der Waals surface area contributed by atoms with Crippen LogP contribution in [0.25, 0.3) is 0 Å². The topological polar surface area (TPSA) is 26.3 Å². The number of carbonyl (C=O) groups is 1. The highest BCUT2D eigenvalue weighted by molar-refractivity contribution is 5.90. The van der Waals surface area contributed by atoms with Crippen LogP contribution < -0.4 is 4.74 Å². The van der Waals surface area contributed by atoms with Gasteiger partial charge in [0.1, 0.15) is 11.7 Å². The van der Waals surface area contributed by atoms with Gasteiger partial charge in [0.2, 0.25) is 0 Å². The zero-order valence-electron chi connectivity index (χ0n) is 17.1. The second-order valence-electron chi connectivity index (χ2n) is 9.39. The lowest BCUT2D eigenvalue weighted by Gasteiger charge is -2.27. The second-order valence-corrected chi connectivity index (χ2v) is 9.39. The molecule has 2 aromatic rings. The first-order chi connectivity index (χ1) is 12.0. The molecular weight excluding hydrogens is 320 g/mol. The Labute approximate surface area is 157 Å². The van der Waals surface area contributed by atoms with Crippen molar-refractivity contribution >= 4 is 5.97 Å². The molecule has 0 saturated carbocycles. The summed E-state index contributed by atoms with van der Waals surface area (Å²) in [6, 6.07) is 12.7. The van der Waals surface area contributed by atoms with E-state index in [-0.39, 0.29) is 22.7 Å². The molecule has 1 heterocycles. The number of aryl methyl sites for hydroxylation is 1. The number of hydrogen-bond acceptors (Lipinski definition) is 2. The zero-order valence-corrected chi connectivity index (χ0v) is 17.1. The minimum absolute atomic E-state index is 0.0104. The minimum atomic E-state index is -0.333. The summed E-state index contributed by atoms with van der Waals surface area (Å²) in [4.78, 5) is 12.8. The lowest BCUT2D eigenvalue weighted by molar-refractivity contribution is -0.133. The van der Waals surface area contributed by atoms with Crippen LogP contribution >= 0.6 is 0 Å². The molecule has 0 radical (unpaired) electrons. The molecule has 2 heteroatoms. The third-order valence-electron chi connectivity index (χ3n) is 5.23. The first kappa shape index (κ1) is 18.7. The highest BCUT2D eigenvalue weighted by Crippen LogP contribution is 2.47. The fraction of sp³-hybridized carbons (Fsp3) is 0.458. The molecule has 26 heavy (non-hydrogen) atoms. The van der Waals surface area contributed by atoms with Gasteiger partial charge in [0.05, 0.1) is 0 Å². The summed E-state index contributed by atoms with van der Waals surface area (Å²) < 4.78 is 5.83. The smallest absolute Gasteiger partial charge is 0.323 e. The van der Waals surface area contributed by atoms with E-state index in [9.17, 15) is 4.79 Å². The van der Waals surface area contributed by atoms with Crippen molar-refractivity contribution in [1.82, 2.24) is 0 Å². The maximum absolute atomic E-state index is 12.8. The Morgan fingerprint density at radius 3 is 2.23 bits per heavy atom. The third kappa shape index (κ3) is 3.30. The number of benzene rings is 2. The molecule has 0 bridgehead atoms. The summed E-state index contributed by atoms with van der Waals surface area (Å²) in [5.74, 6) is 0.270.